The minimum atomic E-state index is -3.60. The number of aryl methyl sites for hydroxylation is 1. The minimum absolute atomic E-state index is 0.0809. The molecule has 138 valence electrons. The van der Waals surface area contributed by atoms with Crippen molar-refractivity contribution >= 4 is 21.6 Å². The summed E-state index contributed by atoms with van der Waals surface area (Å²) < 4.78 is 37.1. The summed E-state index contributed by atoms with van der Waals surface area (Å²) in [6.45, 7) is 1.79. The topological polar surface area (TPSA) is 84.9 Å². The Hall–Kier alpha value is -2.58. The lowest BCUT2D eigenvalue weighted by molar-refractivity contribution is -0.125. The molecular weight excluding hydrogens is 356 g/mol. The third-order valence-electron chi connectivity index (χ3n) is 4.02. The first kappa shape index (κ1) is 18.2. The first-order valence-corrected chi connectivity index (χ1v) is 9.45. The van der Waals surface area contributed by atoms with E-state index < -0.39 is 22.0 Å². The maximum absolute atomic E-state index is 12.5. The summed E-state index contributed by atoms with van der Waals surface area (Å²) in [6, 6.07) is 11.9. The second-order valence-electron chi connectivity index (χ2n) is 6.12. The van der Waals surface area contributed by atoms with Crippen LogP contribution in [-0.4, -0.2) is 45.4 Å². The van der Waals surface area contributed by atoms with E-state index in [1.54, 1.807) is 37.3 Å². The zero-order valence-corrected chi connectivity index (χ0v) is 15.5. The summed E-state index contributed by atoms with van der Waals surface area (Å²) in [6.07, 6.45) is -0.819. The molecule has 7 nitrogen and oxygen atoms in total. The molecule has 1 atom stereocenters. The van der Waals surface area contributed by atoms with Gasteiger partial charge in [-0.1, -0.05) is 18.2 Å². The monoisotopic (exact) mass is 376 g/mol. The Bertz CT molecular complexity index is 940. The number of benzene rings is 2. The summed E-state index contributed by atoms with van der Waals surface area (Å²) in [5.74, 6) is 0.682. The molecule has 26 heavy (non-hydrogen) atoms. The molecule has 3 rings (SSSR count). The highest BCUT2D eigenvalue weighted by molar-refractivity contribution is 7.89. The highest BCUT2D eigenvalue weighted by Crippen LogP contribution is 2.31. The van der Waals surface area contributed by atoms with E-state index >= 15 is 0 Å². The molecule has 2 aromatic carbocycles. The Balaban J connectivity index is 1.79. The molecule has 0 aliphatic carbocycles. The van der Waals surface area contributed by atoms with Gasteiger partial charge < -0.3 is 14.8 Å². The Morgan fingerprint density at radius 1 is 1.15 bits per heavy atom. The van der Waals surface area contributed by atoms with Crippen LogP contribution >= 0.6 is 0 Å². The molecule has 0 bridgehead atoms. The standard InChI is InChI=1S/C18H20N2O5S/c1-12-8-9-13(10-17(12)26(22,23)20(2)3)19-18(21)16-11-24-14-6-4-5-7-15(14)25-16/h4-10,16H,11H2,1-3H3,(H,19,21)/t16-/m0/s1. The number of hydrogen-bond acceptors (Lipinski definition) is 5. The van der Waals surface area contributed by atoms with E-state index in [1.165, 1.54) is 20.2 Å². The van der Waals surface area contributed by atoms with Crippen molar-refractivity contribution in [1.82, 2.24) is 4.31 Å². The number of sulfonamides is 1. The molecule has 0 unspecified atom stereocenters. The number of para-hydroxylation sites is 2. The first-order chi connectivity index (χ1) is 12.3. The van der Waals surface area contributed by atoms with Crippen LogP contribution in [0.25, 0.3) is 0 Å². The number of ether oxygens (including phenoxy) is 2. The van der Waals surface area contributed by atoms with E-state index in [4.69, 9.17) is 9.47 Å². The predicted octanol–water partition coefficient (Wildman–Crippen LogP) is 2.02. The lowest BCUT2D eigenvalue weighted by Gasteiger charge is -2.25. The van der Waals surface area contributed by atoms with E-state index in [0.717, 1.165) is 4.31 Å². The van der Waals surface area contributed by atoms with Crippen LogP contribution in [0.3, 0.4) is 0 Å². The Kier molecular flexibility index (Phi) is 4.88. The third kappa shape index (κ3) is 3.51. The molecule has 0 radical (unpaired) electrons. The largest absolute Gasteiger partial charge is 0.485 e. The van der Waals surface area contributed by atoms with E-state index in [-0.39, 0.29) is 11.5 Å². The summed E-state index contributed by atoms with van der Waals surface area (Å²) >= 11 is 0. The van der Waals surface area contributed by atoms with Crippen molar-refractivity contribution in [1.29, 1.82) is 0 Å². The predicted molar refractivity (Wildman–Crippen MR) is 97.0 cm³/mol. The van der Waals surface area contributed by atoms with E-state index in [1.807, 2.05) is 6.07 Å². The number of rotatable bonds is 4. The van der Waals surface area contributed by atoms with E-state index in [0.29, 0.717) is 22.7 Å². The number of carbonyl (C=O) groups is 1. The lowest BCUT2D eigenvalue weighted by atomic mass is 10.2. The summed E-state index contributed by atoms with van der Waals surface area (Å²) in [7, 11) is -0.679. The molecule has 0 fully saturated rings. The van der Waals surface area contributed by atoms with Gasteiger partial charge in [-0.25, -0.2) is 12.7 Å². The van der Waals surface area contributed by atoms with Crippen LogP contribution in [0.2, 0.25) is 0 Å². The molecule has 1 N–H and O–H groups in total. The van der Waals surface area contributed by atoms with Crippen LogP contribution in [0.4, 0.5) is 5.69 Å². The van der Waals surface area contributed by atoms with Crippen molar-refractivity contribution in [3.8, 4) is 11.5 Å². The fourth-order valence-corrected chi connectivity index (χ4v) is 3.67. The SMILES string of the molecule is Cc1ccc(NC(=O)[C@@H]2COc3ccccc3O2)cc1S(=O)(=O)N(C)C. The number of anilines is 1. The van der Waals surface area contributed by atoms with Crippen molar-refractivity contribution in [3.63, 3.8) is 0 Å². The van der Waals surface area contributed by atoms with Crippen molar-refractivity contribution in [2.75, 3.05) is 26.0 Å². The fraction of sp³-hybridized carbons (Fsp3) is 0.278. The van der Waals surface area contributed by atoms with Gasteiger partial charge in [0, 0.05) is 19.8 Å². The van der Waals surface area contributed by atoms with E-state index in [2.05, 4.69) is 5.32 Å². The first-order valence-electron chi connectivity index (χ1n) is 8.01. The highest BCUT2D eigenvalue weighted by Gasteiger charge is 2.28. The van der Waals surface area contributed by atoms with Crippen LogP contribution in [0.15, 0.2) is 47.4 Å². The van der Waals surface area contributed by atoms with Gasteiger partial charge in [0.1, 0.15) is 6.61 Å². The summed E-state index contributed by atoms with van der Waals surface area (Å²) in [5, 5.41) is 2.69. The van der Waals surface area contributed by atoms with Gasteiger partial charge in [0.15, 0.2) is 11.5 Å². The second kappa shape index (κ2) is 6.97. The number of nitrogens with zero attached hydrogens (tertiary/aromatic N) is 1. The summed E-state index contributed by atoms with van der Waals surface area (Å²) in [5.41, 5.74) is 0.978. The van der Waals surface area contributed by atoms with Crippen LogP contribution < -0.4 is 14.8 Å². The zero-order chi connectivity index (χ0) is 18.9. The molecule has 0 aromatic heterocycles. The van der Waals surface area contributed by atoms with Crippen molar-refractivity contribution in [2.45, 2.75) is 17.9 Å². The molecule has 1 heterocycles. The number of hydrogen-bond donors (Lipinski definition) is 1. The second-order valence-corrected chi connectivity index (χ2v) is 8.24. The van der Waals surface area contributed by atoms with Gasteiger partial charge >= 0.3 is 0 Å². The highest BCUT2D eigenvalue weighted by atomic mass is 32.2. The number of amides is 1. The van der Waals surface area contributed by atoms with Gasteiger partial charge in [0.25, 0.3) is 5.91 Å². The van der Waals surface area contributed by atoms with Crippen molar-refractivity contribution in [3.05, 3.63) is 48.0 Å². The molecule has 1 amide bonds. The van der Waals surface area contributed by atoms with Crippen LogP contribution in [0, 0.1) is 6.92 Å². The third-order valence-corrected chi connectivity index (χ3v) is 5.97. The number of nitrogens with one attached hydrogen (secondary N) is 1. The molecule has 0 saturated heterocycles. The van der Waals surface area contributed by atoms with Crippen molar-refractivity contribution < 1.29 is 22.7 Å². The maximum atomic E-state index is 12.5. The Morgan fingerprint density at radius 2 is 1.85 bits per heavy atom. The number of carbonyl (C=O) groups excluding carboxylic acids is 1. The summed E-state index contributed by atoms with van der Waals surface area (Å²) in [4.78, 5) is 12.6. The van der Waals surface area contributed by atoms with Gasteiger partial charge in [-0.05, 0) is 36.8 Å². The van der Waals surface area contributed by atoms with Gasteiger partial charge in [0.05, 0.1) is 4.90 Å². The molecule has 1 aliphatic rings. The van der Waals surface area contributed by atoms with Gasteiger partial charge in [-0.3, -0.25) is 4.79 Å². The zero-order valence-electron chi connectivity index (χ0n) is 14.7. The molecule has 0 spiro atoms. The quantitative estimate of drug-likeness (QED) is 0.882. The average molecular weight is 376 g/mol. The van der Waals surface area contributed by atoms with Crippen LogP contribution in [-0.2, 0) is 14.8 Å². The molecule has 8 heteroatoms. The van der Waals surface area contributed by atoms with Crippen LogP contribution in [0.5, 0.6) is 11.5 Å². The number of fused-ring (bicyclic) bond motifs is 1. The lowest BCUT2D eigenvalue weighted by Crippen LogP contribution is -2.40. The molecule has 2 aromatic rings. The van der Waals surface area contributed by atoms with Crippen molar-refractivity contribution in [2.24, 2.45) is 0 Å². The minimum Gasteiger partial charge on any atom is -0.485 e. The normalized spacial score (nSPS) is 16.4. The molecule has 1 aliphatic heterocycles. The van der Waals surface area contributed by atoms with Gasteiger partial charge in [-0.15, -0.1) is 0 Å². The average Bonchev–Trinajstić information content (AvgIpc) is 2.62. The smallest absolute Gasteiger partial charge is 0.269 e. The van der Waals surface area contributed by atoms with E-state index in [9.17, 15) is 13.2 Å². The van der Waals surface area contributed by atoms with Crippen LogP contribution in [0.1, 0.15) is 5.56 Å². The van der Waals surface area contributed by atoms with Gasteiger partial charge in [-0.2, -0.15) is 0 Å². The van der Waals surface area contributed by atoms with Gasteiger partial charge in [0.2, 0.25) is 16.1 Å². The fourth-order valence-electron chi connectivity index (χ4n) is 2.52. The molecular formula is C18H20N2O5S. The molecule has 0 saturated carbocycles. The maximum Gasteiger partial charge on any atom is 0.269 e. The Labute approximate surface area is 152 Å². The Morgan fingerprint density at radius 3 is 2.54 bits per heavy atom.